The minimum absolute atomic E-state index is 0.0536. The first kappa shape index (κ1) is 23.0. The van der Waals surface area contributed by atoms with Crippen molar-refractivity contribution in [3.8, 4) is 0 Å². The number of aromatic amines is 1. The van der Waals surface area contributed by atoms with Crippen LogP contribution in [0.4, 0.5) is 17.5 Å². The number of benzene rings is 1. The summed E-state index contributed by atoms with van der Waals surface area (Å²) in [5, 5.41) is 21.4. The molecule has 13 nitrogen and oxygen atoms in total. The molecule has 0 amide bonds. The molecule has 1 aromatic heterocycles. The molecule has 2 aliphatic rings. The lowest BCUT2D eigenvalue weighted by atomic mass is 10.1. The van der Waals surface area contributed by atoms with Crippen molar-refractivity contribution in [2.45, 2.75) is 31.1 Å². The van der Waals surface area contributed by atoms with Crippen molar-refractivity contribution in [2.24, 2.45) is 0 Å². The van der Waals surface area contributed by atoms with Crippen LogP contribution in [0.3, 0.4) is 0 Å². The number of nitrogens with zero attached hydrogens (tertiary/aromatic N) is 3. The van der Waals surface area contributed by atoms with E-state index in [1.54, 1.807) is 29.2 Å². The van der Waals surface area contributed by atoms with Gasteiger partial charge in [0.05, 0.1) is 13.3 Å². The number of phosphoric ester groups is 1. The van der Waals surface area contributed by atoms with Gasteiger partial charge in [-0.25, -0.2) is 4.57 Å². The summed E-state index contributed by atoms with van der Waals surface area (Å²) < 4.78 is 21.0. The number of nitrogens with one attached hydrogen (secondary N) is 1. The summed E-state index contributed by atoms with van der Waals surface area (Å²) in [6, 6.07) is 7.01. The lowest BCUT2D eigenvalue weighted by Crippen LogP contribution is -2.46. The van der Waals surface area contributed by atoms with Gasteiger partial charge in [-0.05, 0) is 17.7 Å². The normalized spacial score (nSPS) is 25.4. The van der Waals surface area contributed by atoms with Crippen molar-refractivity contribution >= 4 is 36.9 Å². The number of nitrogen functional groups attached to an aromatic ring is 1. The smallest absolute Gasteiger partial charge is 0.387 e. The molecule has 7 N–H and O–H groups in total. The fourth-order valence-corrected chi connectivity index (χ4v) is 4.18. The van der Waals surface area contributed by atoms with Crippen molar-refractivity contribution in [1.29, 1.82) is 0 Å². The summed E-state index contributed by atoms with van der Waals surface area (Å²) in [6.07, 6.45) is -5.39. The number of anilines is 3. The number of aliphatic hydroxyl groups excluding tert-OH is 2. The predicted molar refractivity (Wildman–Crippen MR) is 113 cm³/mol. The molecule has 15 heteroatoms. The Labute approximate surface area is 186 Å². The van der Waals surface area contributed by atoms with Crippen molar-refractivity contribution in [3.05, 3.63) is 45.2 Å². The van der Waals surface area contributed by atoms with Gasteiger partial charge < -0.3 is 40.3 Å². The number of ether oxygens (including phenoxy) is 1. The fraction of sp³-hybridized carbons (Fsp3) is 0.412. The van der Waals surface area contributed by atoms with Gasteiger partial charge in [-0.1, -0.05) is 23.7 Å². The zero-order chi connectivity index (χ0) is 23.2. The first-order valence-electron chi connectivity index (χ1n) is 9.41. The van der Waals surface area contributed by atoms with Crippen LogP contribution in [0.25, 0.3) is 0 Å². The summed E-state index contributed by atoms with van der Waals surface area (Å²) in [4.78, 5) is 40.2. The highest BCUT2D eigenvalue weighted by Crippen LogP contribution is 2.40. The first-order valence-corrected chi connectivity index (χ1v) is 11.3. The maximum Gasteiger partial charge on any atom is 0.469 e. The van der Waals surface area contributed by atoms with Gasteiger partial charge in [-0.2, -0.15) is 4.98 Å². The molecule has 1 fully saturated rings. The van der Waals surface area contributed by atoms with E-state index in [1.807, 2.05) is 0 Å². The van der Waals surface area contributed by atoms with Crippen molar-refractivity contribution < 1.29 is 33.8 Å². The second kappa shape index (κ2) is 8.61. The number of aromatic nitrogens is 2. The standard InChI is InChI=1S/C17H21ClN5O8P/c18-9-3-1-8(2-4-9)5-22-7-23(14-11(22)15(26)21-17(19)20-14)16-13(25)12(24)10(31-16)6-30-32(27,28)29/h1-4,10,12-13,16,24-25H,5-7H2,(H2,27,28,29)(H3,19,20,21,26)/t10-,12-,13-,16-/m1/s1. The molecule has 1 saturated heterocycles. The van der Waals surface area contributed by atoms with E-state index in [2.05, 4.69) is 14.5 Å². The number of rotatable bonds is 6. The second-order valence-electron chi connectivity index (χ2n) is 7.39. The molecular weight excluding hydrogens is 469 g/mol. The molecule has 2 aliphatic heterocycles. The molecule has 0 aliphatic carbocycles. The summed E-state index contributed by atoms with van der Waals surface area (Å²) >= 11 is 5.93. The van der Waals surface area contributed by atoms with Crippen LogP contribution in [0, 0.1) is 0 Å². The van der Waals surface area contributed by atoms with Crippen LogP contribution in [0.5, 0.6) is 0 Å². The van der Waals surface area contributed by atoms with Crippen molar-refractivity contribution in [1.82, 2.24) is 9.97 Å². The summed E-state index contributed by atoms with van der Waals surface area (Å²) in [6.45, 7) is -0.303. The Morgan fingerprint density at radius 2 is 1.97 bits per heavy atom. The summed E-state index contributed by atoms with van der Waals surface area (Å²) in [5.74, 6) is -0.0190. The third-order valence-electron chi connectivity index (χ3n) is 5.14. The molecule has 3 heterocycles. The lowest BCUT2D eigenvalue weighted by Gasteiger charge is -2.28. The minimum atomic E-state index is -4.81. The molecule has 0 unspecified atom stereocenters. The maximum absolute atomic E-state index is 12.6. The number of nitrogens with two attached hydrogens (primary N) is 1. The molecule has 0 spiro atoms. The lowest BCUT2D eigenvalue weighted by molar-refractivity contribution is -0.0218. The zero-order valence-corrected chi connectivity index (χ0v) is 18.1. The first-order chi connectivity index (χ1) is 15.0. The van der Waals surface area contributed by atoms with E-state index in [-0.39, 0.29) is 24.1 Å². The zero-order valence-electron chi connectivity index (χ0n) is 16.4. The predicted octanol–water partition coefficient (Wildman–Crippen LogP) is -0.654. The second-order valence-corrected chi connectivity index (χ2v) is 9.07. The minimum Gasteiger partial charge on any atom is -0.387 e. The highest BCUT2D eigenvalue weighted by Gasteiger charge is 2.49. The van der Waals surface area contributed by atoms with E-state index in [1.165, 1.54) is 4.90 Å². The number of fused-ring (bicyclic) bond motifs is 1. The van der Waals surface area contributed by atoms with E-state index in [0.717, 1.165) is 5.56 Å². The Bertz CT molecular complexity index is 1100. The average Bonchev–Trinajstić information content (AvgIpc) is 3.19. The summed E-state index contributed by atoms with van der Waals surface area (Å²) in [7, 11) is -4.81. The maximum atomic E-state index is 12.6. The van der Waals surface area contributed by atoms with Gasteiger partial charge >= 0.3 is 7.82 Å². The Balaban J connectivity index is 1.61. The number of hydrogen-bond acceptors (Lipinski definition) is 10. The quantitative estimate of drug-likeness (QED) is 0.281. The highest BCUT2D eigenvalue weighted by atomic mass is 35.5. The molecule has 0 radical (unpaired) electrons. The van der Waals surface area contributed by atoms with Crippen LogP contribution in [0.15, 0.2) is 29.1 Å². The van der Waals surface area contributed by atoms with Gasteiger partial charge in [0.1, 0.15) is 24.0 Å². The van der Waals surface area contributed by atoms with Crippen LogP contribution in [-0.4, -0.2) is 67.8 Å². The Morgan fingerprint density at radius 3 is 2.62 bits per heavy atom. The van der Waals surface area contributed by atoms with Gasteiger partial charge in [0.25, 0.3) is 5.56 Å². The molecule has 4 rings (SSSR count). The van der Waals surface area contributed by atoms with Crippen molar-refractivity contribution in [2.75, 3.05) is 28.8 Å². The number of halogens is 1. The molecule has 174 valence electrons. The number of phosphoric acid groups is 1. The third kappa shape index (κ3) is 4.60. The SMILES string of the molecule is Nc1nc2c(c(=O)[nH]1)N(Cc1ccc(Cl)cc1)CN2[C@@H]1O[C@H](COP(=O)(O)O)[C@@H](O)[C@H]1O. The monoisotopic (exact) mass is 489 g/mol. The summed E-state index contributed by atoms with van der Waals surface area (Å²) in [5.41, 5.74) is 6.24. The Morgan fingerprint density at radius 1 is 1.28 bits per heavy atom. The third-order valence-corrected chi connectivity index (χ3v) is 5.88. The van der Waals surface area contributed by atoms with E-state index in [9.17, 15) is 19.6 Å². The van der Waals surface area contributed by atoms with E-state index in [4.69, 9.17) is 31.9 Å². The van der Waals surface area contributed by atoms with E-state index < -0.39 is 44.5 Å². The van der Waals surface area contributed by atoms with Gasteiger partial charge in [0.2, 0.25) is 5.95 Å². The fourth-order valence-electron chi connectivity index (χ4n) is 3.71. The molecular formula is C17H21ClN5O8P. The Kier molecular flexibility index (Phi) is 6.18. The molecule has 32 heavy (non-hydrogen) atoms. The van der Waals surface area contributed by atoms with Gasteiger partial charge in [0.15, 0.2) is 12.0 Å². The van der Waals surface area contributed by atoms with Crippen LogP contribution in [0.2, 0.25) is 5.02 Å². The highest BCUT2D eigenvalue weighted by molar-refractivity contribution is 7.46. The topological polar surface area (TPSA) is 195 Å². The van der Waals surface area contributed by atoms with Crippen molar-refractivity contribution in [3.63, 3.8) is 0 Å². The van der Waals surface area contributed by atoms with Gasteiger partial charge in [-0.3, -0.25) is 14.3 Å². The Hall–Kier alpha value is -2.22. The van der Waals surface area contributed by atoms with E-state index in [0.29, 0.717) is 11.6 Å². The van der Waals surface area contributed by atoms with Crippen LogP contribution < -0.4 is 21.1 Å². The average molecular weight is 490 g/mol. The van der Waals surface area contributed by atoms with Crippen LogP contribution >= 0.6 is 19.4 Å². The largest absolute Gasteiger partial charge is 0.469 e. The number of H-pyrrole nitrogens is 1. The van der Waals surface area contributed by atoms with Crippen LogP contribution in [0.1, 0.15) is 5.56 Å². The van der Waals surface area contributed by atoms with Gasteiger partial charge in [0, 0.05) is 11.6 Å². The molecule has 0 bridgehead atoms. The van der Waals surface area contributed by atoms with Gasteiger partial charge in [-0.15, -0.1) is 0 Å². The molecule has 0 saturated carbocycles. The number of aliphatic hydroxyl groups is 2. The van der Waals surface area contributed by atoms with Crippen LogP contribution in [-0.2, 0) is 20.4 Å². The molecule has 2 aromatic rings. The molecule has 4 atom stereocenters. The number of hydrogen-bond donors (Lipinski definition) is 6. The van der Waals surface area contributed by atoms with E-state index >= 15 is 0 Å². The molecule has 1 aromatic carbocycles.